The van der Waals surface area contributed by atoms with Crippen LogP contribution in [0.4, 0.5) is 0 Å². The number of amides is 2. The van der Waals surface area contributed by atoms with Crippen LogP contribution >= 0.6 is 0 Å². The molecule has 10 heteroatoms. The SMILES string of the molecule is C=C1Cc2nc(no2)C(=O)N2CCC[C@@H]2C(=O)O[C@H](C(C)C)[C@H](C)/C=C/C(=O)NC/C=C/C(C)=C/[C@@H](O)C1. The van der Waals surface area contributed by atoms with Crippen molar-refractivity contribution in [3.05, 3.63) is 59.8 Å². The Morgan fingerprint density at radius 3 is 2.74 bits per heavy atom. The average Bonchev–Trinajstić information content (AvgIpc) is 3.52. The lowest BCUT2D eigenvalue weighted by molar-refractivity contribution is -0.158. The summed E-state index contributed by atoms with van der Waals surface area (Å²) in [6.07, 6.45) is 8.80. The first-order chi connectivity index (χ1) is 18.0. The average molecular weight is 527 g/mol. The molecule has 0 radical (unpaired) electrons. The van der Waals surface area contributed by atoms with E-state index in [-0.39, 0.29) is 42.3 Å². The maximum Gasteiger partial charge on any atom is 0.329 e. The second-order valence-electron chi connectivity index (χ2n) is 10.3. The first-order valence-corrected chi connectivity index (χ1v) is 13.0. The summed E-state index contributed by atoms with van der Waals surface area (Å²) < 4.78 is 11.1. The van der Waals surface area contributed by atoms with Gasteiger partial charge in [0, 0.05) is 25.4 Å². The number of fused-ring (bicyclic) bond motifs is 3. The van der Waals surface area contributed by atoms with Gasteiger partial charge in [-0.25, -0.2) is 4.79 Å². The second-order valence-corrected chi connectivity index (χ2v) is 10.3. The zero-order valence-corrected chi connectivity index (χ0v) is 22.6. The third kappa shape index (κ3) is 7.98. The Labute approximate surface area is 223 Å². The quantitative estimate of drug-likeness (QED) is 0.421. The summed E-state index contributed by atoms with van der Waals surface area (Å²) in [7, 11) is 0. The minimum Gasteiger partial charge on any atom is -0.460 e. The van der Waals surface area contributed by atoms with E-state index in [2.05, 4.69) is 22.0 Å². The number of carbonyl (C=O) groups is 3. The van der Waals surface area contributed by atoms with E-state index >= 15 is 0 Å². The summed E-state index contributed by atoms with van der Waals surface area (Å²) in [6, 6.07) is -0.751. The molecule has 0 aliphatic carbocycles. The van der Waals surface area contributed by atoms with E-state index in [1.165, 1.54) is 11.0 Å². The minimum absolute atomic E-state index is 0.0115. The first kappa shape index (κ1) is 29.0. The van der Waals surface area contributed by atoms with Gasteiger partial charge in [-0.3, -0.25) is 9.59 Å². The van der Waals surface area contributed by atoms with Gasteiger partial charge in [0.1, 0.15) is 12.1 Å². The van der Waals surface area contributed by atoms with Gasteiger partial charge >= 0.3 is 5.97 Å². The number of aliphatic hydroxyl groups is 1. The lowest BCUT2D eigenvalue weighted by Crippen LogP contribution is -2.44. The molecule has 0 spiro atoms. The van der Waals surface area contributed by atoms with E-state index in [9.17, 15) is 19.5 Å². The molecule has 1 saturated heterocycles. The molecule has 3 rings (SSSR count). The number of aromatic nitrogens is 2. The predicted molar refractivity (Wildman–Crippen MR) is 141 cm³/mol. The third-order valence-corrected chi connectivity index (χ3v) is 6.55. The molecular formula is C28H38N4O6. The van der Waals surface area contributed by atoms with E-state index in [1.54, 1.807) is 18.2 Å². The van der Waals surface area contributed by atoms with Crippen molar-refractivity contribution in [3.8, 4) is 0 Å². The summed E-state index contributed by atoms with van der Waals surface area (Å²) in [6.45, 7) is 12.3. The number of hydrogen-bond donors (Lipinski definition) is 2. The molecule has 1 aromatic rings. The van der Waals surface area contributed by atoms with Crippen LogP contribution in [-0.2, 0) is 20.7 Å². The molecule has 0 aromatic carbocycles. The number of hydrogen-bond acceptors (Lipinski definition) is 8. The largest absolute Gasteiger partial charge is 0.460 e. The molecule has 1 aromatic heterocycles. The van der Waals surface area contributed by atoms with E-state index < -0.39 is 30.1 Å². The van der Waals surface area contributed by atoms with Gasteiger partial charge < -0.3 is 24.6 Å². The highest BCUT2D eigenvalue weighted by molar-refractivity contribution is 5.94. The van der Waals surface area contributed by atoms with E-state index in [1.807, 2.05) is 33.8 Å². The second kappa shape index (κ2) is 13.3. The smallest absolute Gasteiger partial charge is 0.329 e. The van der Waals surface area contributed by atoms with Gasteiger partial charge in [-0.05, 0) is 38.2 Å². The Morgan fingerprint density at radius 1 is 1.24 bits per heavy atom. The Morgan fingerprint density at radius 2 is 2.00 bits per heavy atom. The molecule has 38 heavy (non-hydrogen) atoms. The van der Waals surface area contributed by atoms with Gasteiger partial charge in [0.15, 0.2) is 0 Å². The zero-order chi connectivity index (χ0) is 27.8. The van der Waals surface area contributed by atoms with Crippen molar-refractivity contribution in [2.45, 2.75) is 71.6 Å². The fraction of sp³-hybridized carbons (Fsp3) is 0.536. The van der Waals surface area contributed by atoms with Crippen LogP contribution in [0.5, 0.6) is 0 Å². The Hall–Kier alpha value is -3.53. The summed E-state index contributed by atoms with van der Waals surface area (Å²) >= 11 is 0. The Bertz CT molecular complexity index is 1120. The highest BCUT2D eigenvalue weighted by Crippen LogP contribution is 2.25. The summed E-state index contributed by atoms with van der Waals surface area (Å²) in [5.41, 5.74) is 1.48. The van der Waals surface area contributed by atoms with Crippen molar-refractivity contribution in [2.24, 2.45) is 11.8 Å². The van der Waals surface area contributed by atoms with Crippen molar-refractivity contribution in [3.63, 3.8) is 0 Å². The number of nitrogens with one attached hydrogen (secondary N) is 1. The van der Waals surface area contributed by atoms with Crippen LogP contribution in [0, 0.1) is 11.8 Å². The van der Waals surface area contributed by atoms with Crippen LogP contribution in [0.15, 0.2) is 52.6 Å². The van der Waals surface area contributed by atoms with Crippen molar-refractivity contribution >= 4 is 17.8 Å². The van der Waals surface area contributed by atoms with Crippen LogP contribution in [0.25, 0.3) is 0 Å². The normalized spacial score (nSPS) is 29.7. The molecule has 2 aliphatic heterocycles. The molecule has 2 aliphatic rings. The van der Waals surface area contributed by atoms with Gasteiger partial charge in [0.25, 0.3) is 11.7 Å². The number of cyclic esters (lactones) is 1. The molecule has 2 bridgehead atoms. The van der Waals surface area contributed by atoms with E-state index in [0.717, 1.165) is 5.57 Å². The topological polar surface area (TPSA) is 135 Å². The highest BCUT2D eigenvalue weighted by Gasteiger charge is 2.39. The minimum atomic E-state index is -0.776. The predicted octanol–water partition coefficient (Wildman–Crippen LogP) is 2.92. The molecule has 10 nitrogen and oxygen atoms in total. The summed E-state index contributed by atoms with van der Waals surface area (Å²) in [5.74, 6) is -1.42. The number of allylic oxidation sites excluding steroid dienone is 2. The number of nitrogens with zero attached hydrogens (tertiary/aromatic N) is 3. The number of carbonyl (C=O) groups excluding carboxylic acids is 3. The van der Waals surface area contributed by atoms with Gasteiger partial charge in [-0.15, -0.1) is 0 Å². The monoisotopic (exact) mass is 526 g/mol. The first-order valence-electron chi connectivity index (χ1n) is 13.0. The van der Waals surface area contributed by atoms with Crippen LogP contribution in [0.1, 0.15) is 63.5 Å². The number of rotatable bonds is 1. The van der Waals surface area contributed by atoms with E-state index in [0.29, 0.717) is 31.5 Å². The number of aliphatic hydroxyl groups excluding tert-OH is 1. The fourth-order valence-electron chi connectivity index (χ4n) is 4.67. The van der Waals surface area contributed by atoms with Crippen LogP contribution < -0.4 is 5.32 Å². The van der Waals surface area contributed by atoms with Crippen molar-refractivity contribution in [1.82, 2.24) is 20.4 Å². The highest BCUT2D eigenvalue weighted by atomic mass is 16.5. The summed E-state index contributed by atoms with van der Waals surface area (Å²) in [5, 5.41) is 17.0. The molecule has 0 saturated carbocycles. The summed E-state index contributed by atoms with van der Waals surface area (Å²) in [4.78, 5) is 44.3. The Balaban J connectivity index is 1.85. The lowest BCUT2D eigenvalue weighted by Gasteiger charge is -2.29. The number of esters is 1. The molecule has 0 unspecified atom stereocenters. The van der Waals surface area contributed by atoms with Crippen molar-refractivity contribution < 1.29 is 28.8 Å². The molecule has 1 fully saturated rings. The van der Waals surface area contributed by atoms with Crippen LogP contribution in [-0.4, -0.2) is 69.3 Å². The zero-order valence-electron chi connectivity index (χ0n) is 22.6. The third-order valence-electron chi connectivity index (χ3n) is 6.55. The van der Waals surface area contributed by atoms with Crippen molar-refractivity contribution in [1.29, 1.82) is 0 Å². The molecule has 2 amide bonds. The van der Waals surface area contributed by atoms with E-state index in [4.69, 9.17) is 9.26 Å². The Kier molecular flexibility index (Phi) is 10.2. The lowest BCUT2D eigenvalue weighted by atomic mass is 9.94. The van der Waals surface area contributed by atoms with Gasteiger partial charge in [-0.2, -0.15) is 4.98 Å². The standard InChI is InChI=1S/C28H38N4O6/c1-17(2)25-20(5)10-11-23(34)29-12-6-8-18(3)14-21(33)15-19(4)16-24-30-26(31-38-24)27(35)32-13-7-9-22(32)28(36)37-25/h6,8,10-11,14,17,20-22,25,33H,4,7,9,12-13,15-16H2,1-3,5H3,(H,29,34)/b8-6+,11-10+,18-14+/t20-,21-,22-,25-/m1/s1. The maximum atomic E-state index is 13.2. The molecule has 206 valence electrons. The van der Waals surface area contributed by atoms with Gasteiger partial charge in [0.05, 0.1) is 6.10 Å². The molecule has 3 heterocycles. The van der Waals surface area contributed by atoms with Gasteiger partial charge in [0.2, 0.25) is 11.8 Å². The van der Waals surface area contributed by atoms with Crippen molar-refractivity contribution in [2.75, 3.05) is 13.1 Å². The van der Waals surface area contributed by atoms with Crippen LogP contribution in [0.2, 0.25) is 0 Å². The fourth-order valence-corrected chi connectivity index (χ4v) is 4.67. The van der Waals surface area contributed by atoms with Gasteiger partial charge in [-0.1, -0.05) is 68.0 Å². The van der Waals surface area contributed by atoms with Crippen LogP contribution in [0.3, 0.4) is 0 Å². The molecular weight excluding hydrogens is 488 g/mol. The maximum absolute atomic E-state index is 13.2. The number of ether oxygens (including phenoxy) is 1. The molecule has 4 atom stereocenters. The molecule has 2 N–H and O–H groups in total.